The number of carbonyl (C=O) groups excluding carboxylic acids is 2. The van der Waals surface area contributed by atoms with Crippen LogP contribution in [0.1, 0.15) is 15.9 Å². The number of hydrogen-bond acceptors (Lipinski definition) is 3. The van der Waals surface area contributed by atoms with E-state index < -0.39 is 17.9 Å². The highest BCUT2D eigenvalue weighted by Crippen LogP contribution is 2.22. The third-order valence-corrected chi connectivity index (χ3v) is 4.71. The lowest BCUT2D eigenvalue weighted by atomic mass is 10.0. The maximum Gasteiger partial charge on any atom is 0.255 e. The van der Waals surface area contributed by atoms with E-state index in [1.54, 1.807) is 24.3 Å². The predicted octanol–water partition coefficient (Wildman–Crippen LogP) is 4.68. The first-order valence-electron chi connectivity index (χ1n) is 8.82. The summed E-state index contributed by atoms with van der Waals surface area (Å²) in [6.07, 6.45) is 0.278. The maximum absolute atomic E-state index is 12.9. The first-order chi connectivity index (χ1) is 13.9. The van der Waals surface area contributed by atoms with Gasteiger partial charge in [0.2, 0.25) is 5.91 Å². The van der Waals surface area contributed by atoms with Crippen molar-refractivity contribution in [2.45, 2.75) is 12.5 Å². The van der Waals surface area contributed by atoms with Gasteiger partial charge in [0.15, 0.2) is 0 Å². The zero-order valence-electron chi connectivity index (χ0n) is 15.2. The van der Waals surface area contributed by atoms with Crippen LogP contribution in [0.5, 0.6) is 5.75 Å². The lowest BCUT2D eigenvalue weighted by Gasteiger charge is -2.19. The highest BCUT2D eigenvalue weighted by atomic mass is 35.5. The Morgan fingerprint density at radius 3 is 2.21 bits per heavy atom. The summed E-state index contributed by atoms with van der Waals surface area (Å²) in [6.45, 7) is 0. The van der Waals surface area contributed by atoms with Gasteiger partial charge in [-0.3, -0.25) is 9.59 Å². The van der Waals surface area contributed by atoms with Crippen molar-refractivity contribution in [3.63, 3.8) is 0 Å². The molecule has 5 nitrogen and oxygen atoms in total. The van der Waals surface area contributed by atoms with Crippen molar-refractivity contribution in [3.8, 4) is 5.75 Å². The Hall–Kier alpha value is -3.02. The van der Waals surface area contributed by atoms with E-state index in [1.165, 1.54) is 18.2 Å². The van der Waals surface area contributed by atoms with Gasteiger partial charge in [-0.15, -0.1) is 0 Å². The number of aromatic hydroxyl groups is 1. The summed E-state index contributed by atoms with van der Waals surface area (Å²) < 4.78 is 0. The number of anilines is 1. The SMILES string of the molecule is O=C(N[C@@H](Cc1ccccc1)C(=O)Nc1ccc(Cl)cc1)c1ccc(Cl)cc1O. The van der Waals surface area contributed by atoms with Gasteiger partial charge in [-0.2, -0.15) is 0 Å². The topological polar surface area (TPSA) is 78.4 Å². The van der Waals surface area contributed by atoms with Gasteiger partial charge >= 0.3 is 0 Å². The zero-order valence-corrected chi connectivity index (χ0v) is 16.7. The van der Waals surface area contributed by atoms with Crippen LogP contribution in [0.15, 0.2) is 72.8 Å². The van der Waals surface area contributed by atoms with Crippen molar-refractivity contribution >= 4 is 40.7 Å². The highest BCUT2D eigenvalue weighted by molar-refractivity contribution is 6.31. The fraction of sp³-hybridized carbons (Fsp3) is 0.0909. The second kappa shape index (κ2) is 9.45. The van der Waals surface area contributed by atoms with E-state index >= 15 is 0 Å². The molecule has 0 aliphatic heterocycles. The summed E-state index contributed by atoms with van der Waals surface area (Å²) >= 11 is 11.7. The number of halogens is 2. The highest BCUT2D eigenvalue weighted by Gasteiger charge is 2.23. The normalized spacial score (nSPS) is 11.5. The first kappa shape index (κ1) is 20.7. The van der Waals surface area contributed by atoms with Gasteiger partial charge in [0, 0.05) is 22.2 Å². The van der Waals surface area contributed by atoms with Gasteiger partial charge in [-0.1, -0.05) is 53.5 Å². The van der Waals surface area contributed by atoms with E-state index in [0.29, 0.717) is 15.7 Å². The van der Waals surface area contributed by atoms with Crippen LogP contribution in [-0.4, -0.2) is 23.0 Å². The molecule has 0 saturated heterocycles. The summed E-state index contributed by atoms with van der Waals surface area (Å²) in [4.78, 5) is 25.5. The Labute approximate surface area is 178 Å². The van der Waals surface area contributed by atoms with Crippen LogP contribution in [0, 0.1) is 0 Å². The van der Waals surface area contributed by atoms with Crippen LogP contribution in [0.4, 0.5) is 5.69 Å². The van der Waals surface area contributed by atoms with Crippen molar-refractivity contribution in [1.29, 1.82) is 0 Å². The fourth-order valence-corrected chi connectivity index (χ4v) is 3.05. The summed E-state index contributed by atoms with van der Waals surface area (Å²) in [5, 5.41) is 16.3. The molecule has 29 heavy (non-hydrogen) atoms. The zero-order chi connectivity index (χ0) is 20.8. The number of carbonyl (C=O) groups is 2. The number of rotatable bonds is 6. The lowest BCUT2D eigenvalue weighted by molar-refractivity contribution is -0.118. The smallest absolute Gasteiger partial charge is 0.255 e. The van der Waals surface area contributed by atoms with Crippen molar-refractivity contribution in [2.24, 2.45) is 0 Å². The molecule has 1 atom stereocenters. The largest absolute Gasteiger partial charge is 0.507 e. The van der Waals surface area contributed by atoms with Crippen molar-refractivity contribution in [1.82, 2.24) is 5.32 Å². The molecular formula is C22H18Cl2N2O3. The second-order valence-corrected chi connectivity index (χ2v) is 7.25. The van der Waals surface area contributed by atoms with Crippen LogP contribution in [0.3, 0.4) is 0 Å². The van der Waals surface area contributed by atoms with Crippen LogP contribution < -0.4 is 10.6 Å². The predicted molar refractivity (Wildman–Crippen MR) is 115 cm³/mol. The molecule has 0 fully saturated rings. The minimum atomic E-state index is -0.865. The van der Waals surface area contributed by atoms with E-state index in [2.05, 4.69) is 10.6 Å². The minimum absolute atomic E-state index is 0.0340. The monoisotopic (exact) mass is 428 g/mol. The molecule has 0 saturated carbocycles. The Morgan fingerprint density at radius 1 is 0.897 bits per heavy atom. The molecule has 2 amide bonds. The molecule has 0 aliphatic carbocycles. The number of nitrogens with one attached hydrogen (secondary N) is 2. The molecule has 3 N–H and O–H groups in total. The number of benzene rings is 3. The Balaban J connectivity index is 1.80. The van der Waals surface area contributed by atoms with E-state index in [4.69, 9.17) is 23.2 Å². The van der Waals surface area contributed by atoms with Gasteiger partial charge in [-0.25, -0.2) is 0 Å². The van der Waals surface area contributed by atoms with Crippen LogP contribution in [0.2, 0.25) is 10.0 Å². The average Bonchev–Trinajstić information content (AvgIpc) is 2.70. The Kier molecular flexibility index (Phi) is 6.75. The molecule has 0 aromatic heterocycles. The number of phenols is 1. The maximum atomic E-state index is 12.9. The Bertz CT molecular complexity index is 1010. The van der Waals surface area contributed by atoms with E-state index in [1.807, 2.05) is 30.3 Å². The van der Waals surface area contributed by atoms with Crippen molar-refractivity contribution in [3.05, 3.63) is 94.0 Å². The third kappa shape index (κ3) is 5.73. The van der Waals surface area contributed by atoms with E-state index in [9.17, 15) is 14.7 Å². The van der Waals surface area contributed by atoms with E-state index in [0.717, 1.165) is 5.56 Å². The molecular weight excluding hydrogens is 411 g/mol. The average molecular weight is 429 g/mol. The third-order valence-electron chi connectivity index (χ3n) is 4.22. The van der Waals surface area contributed by atoms with Crippen LogP contribution in [-0.2, 0) is 11.2 Å². The van der Waals surface area contributed by atoms with Gasteiger partial charge < -0.3 is 15.7 Å². The van der Waals surface area contributed by atoms with Gasteiger partial charge in [0.1, 0.15) is 11.8 Å². The van der Waals surface area contributed by atoms with Gasteiger partial charge in [-0.05, 0) is 48.0 Å². The molecule has 0 bridgehead atoms. The lowest BCUT2D eigenvalue weighted by Crippen LogP contribution is -2.45. The van der Waals surface area contributed by atoms with Crippen LogP contribution >= 0.6 is 23.2 Å². The molecule has 7 heteroatoms. The molecule has 0 radical (unpaired) electrons. The van der Waals surface area contributed by atoms with Crippen molar-refractivity contribution < 1.29 is 14.7 Å². The molecule has 0 heterocycles. The molecule has 0 unspecified atom stereocenters. The van der Waals surface area contributed by atoms with E-state index in [-0.39, 0.29) is 17.7 Å². The quantitative estimate of drug-likeness (QED) is 0.533. The molecule has 148 valence electrons. The van der Waals surface area contributed by atoms with Crippen molar-refractivity contribution in [2.75, 3.05) is 5.32 Å². The Morgan fingerprint density at radius 2 is 1.55 bits per heavy atom. The second-order valence-electron chi connectivity index (χ2n) is 6.37. The molecule has 3 rings (SSSR count). The standard InChI is InChI=1S/C22H18Cl2N2O3/c23-15-6-9-17(10-7-15)25-22(29)19(12-14-4-2-1-3-5-14)26-21(28)18-11-8-16(24)13-20(18)27/h1-11,13,19,27H,12H2,(H,25,29)(H,26,28)/t19-/m0/s1. The molecule has 3 aromatic rings. The number of hydrogen-bond donors (Lipinski definition) is 3. The summed E-state index contributed by atoms with van der Waals surface area (Å²) in [5.41, 5.74) is 1.47. The number of phenolic OH excluding ortho intramolecular Hbond substituents is 1. The van der Waals surface area contributed by atoms with Gasteiger partial charge in [0.25, 0.3) is 5.91 Å². The summed E-state index contributed by atoms with van der Waals surface area (Å²) in [6, 6.07) is 19.3. The summed E-state index contributed by atoms with van der Waals surface area (Å²) in [7, 11) is 0. The number of amides is 2. The molecule has 3 aromatic carbocycles. The molecule has 0 aliphatic rings. The fourth-order valence-electron chi connectivity index (χ4n) is 2.75. The minimum Gasteiger partial charge on any atom is -0.507 e. The molecule has 0 spiro atoms. The van der Waals surface area contributed by atoms with Gasteiger partial charge in [0.05, 0.1) is 5.56 Å². The van der Waals surface area contributed by atoms with Crippen LogP contribution in [0.25, 0.3) is 0 Å². The summed E-state index contributed by atoms with van der Waals surface area (Å²) in [5.74, 6) is -1.23. The first-order valence-corrected chi connectivity index (χ1v) is 9.57.